The van der Waals surface area contributed by atoms with Crippen molar-refractivity contribution in [3.8, 4) is 11.5 Å². The standard InChI is InChI=1S/C32H34O8S2/c1-21(2)31(35)39-19-23(33)17-37-25-5-9-27(10-6-25)41-29-13-15-30(16-14-29)42-28-11-7-26(8-12-28)38-18-24(34)20-40-32(36)22(3)4/h5-16,23-24,33-34H,1,3,17-20H2,2,4H3. The molecule has 8 nitrogen and oxygen atoms in total. The van der Waals surface area contributed by atoms with Crippen molar-refractivity contribution in [3.63, 3.8) is 0 Å². The van der Waals surface area contributed by atoms with Gasteiger partial charge in [0.15, 0.2) is 0 Å². The molecule has 2 unspecified atom stereocenters. The number of carbonyl (C=O) groups is 2. The minimum atomic E-state index is -0.935. The number of ether oxygens (including phenoxy) is 4. The number of aliphatic hydroxyl groups is 2. The van der Waals surface area contributed by atoms with E-state index in [2.05, 4.69) is 37.4 Å². The molecule has 3 aromatic rings. The lowest BCUT2D eigenvalue weighted by Crippen LogP contribution is -2.25. The zero-order valence-corrected chi connectivity index (χ0v) is 25.1. The van der Waals surface area contributed by atoms with E-state index in [0.717, 1.165) is 19.6 Å². The highest BCUT2D eigenvalue weighted by Gasteiger charge is 2.12. The van der Waals surface area contributed by atoms with Crippen LogP contribution in [0, 0.1) is 0 Å². The molecule has 0 aliphatic carbocycles. The lowest BCUT2D eigenvalue weighted by atomic mass is 10.3. The minimum Gasteiger partial charge on any atom is -0.491 e. The molecule has 0 amide bonds. The highest BCUT2D eigenvalue weighted by Crippen LogP contribution is 2.33. The molecule has 0 aliphatic heterocycles. The number of esters is 2. The quantitative estimate of drug-likeness (QED) is 0.155. The van der Waals surface area contributed by atoms with Crippen molar-refractivity contribution in [2.45, 2.75) is 45.6 Å². The van der Waals surface area contributed by atoms with E-state index in [-0.39, 0.29) is 37.6 Å². The average molecular weight is 611 g/mol. The summed E-state index contributed by atoms with van der Waals surface area (Å²) in [6.07, 6.45) is -1.87. The summed E-state index contributed by atoms with van der Waals surface area (Å²) in [6.45, 7) is 9.78. The number of rotatable bonds is 16. The van der Waals surface area contributed by atoms with Crippen LogP contribution in [-0.4, -0.2) is 60.8 Å². The molecule has 0 spiro atoms. The predicted molar refractivity (Wildman–Crippen MR) is 162 cm³/mol. The second-order valence-electron chi connectivity index (χ2n) is 9.31. The molecule has 42 heavy (non-hydrogen) atoms. The summed E-state index contributed by atoms with van der Waals surface area (Å²) >= 11 is 3.23. The lowest BCUT2D eigenvalue weighted by molar-refractivity contribution is -0.143. The molecule has 0 aromatic heterocycles. The molecule has 10 heteroatoms. The molecule has 222 valence electrons. The summed E-state index contributed by atoms with van der Waals surface area (Å²) in [5.74, 6) is 0.123. The highest BCUT2D eigenvalue weighted by molar-refractivity contribution is 7.99. The van der Waals surface area contributed by atoms with Crippen molar-refractivity contribution in [2.24, 2.45) is 0 Å². The Bertz CT molecular complexity index is 1230. The van der Waals surface area contributed by atoms with Gasteiger partial charge in [-0.15, -0.1) is 0 Å². The summed E-state index contributed by atoms with van der Waals surface area (Å²) in [5.41, 5.74) is 0.553. The fraction of sp³-hybridized carbons (Fsp3) is 0.250. The molecule has 0 saturated heterocycles. The number of carbonyl (C=O) groups excluding carboxylic acids is 2. The third-order valence-electron chi connectivity index (χ3n) is 5.34. The van der Waals surface area contributed by atoms with Crippen molar-refractivity contribution in [1.29, 1.82) is 0 Å². The largest absolute Gasteiger partial charge is 0.491 e. The van der Waals surface area contributed by atoms with Gasteiger partial charge in [-0.2, -0.15) is 0 Å². The molecule has 3 rings (SSSR count). The van der Waals surface area contributed by atoms with Gasteiger partial charge in [0.05, 0.1) is 0 Å². The Hall–Kier alpha value is -3.70. The molecule has 0 radical (unpaired) electrons. The van der Waals surface area contributed by atoms with Crippen LogP contribution in [0.1, 0.15) is 13.8 Å². The Morgan fingerprint density at radius 1 is 0.595 bits per heavy atom. The Labute approximate surface area is 254 Å². The van der Waals surface area contributed by atoms with Crippen molar-refractivity contribution in [2.75, 3.05) is 26.4 Å². The van der Waals surface area contributed by atoms with Crippen molar-refractivity contribution in [3.05, 3.63) is 97.1 Å². The number of hydrogen-bond donors (Lipinski definition) is 2. The monoisotopic (exact) mass is 610 g/mol. The second-order valence-corrected chi connectivity index (χ2v) is 11.6. The van der Waals surface area contributed by atoms with Gasteiger partial charge in [-0.3, -0.25) is 0 Å². The Balaban J connectivity index is 1.40. The minimum absolute atomic E-state index is 0.00273. The van der Waals surface area contributed by atoms with E-state index in [0.29, 0.717) is 11.5 Å². The summed E-state index contributed by atoms with van der Waals surface area (Å²) in [5, 5.41) is 19.9. The van der Waals surface area contributed by atoms with Crippen LogP contribution in [0.3, 0.4) is 0 Å². The maximum atomic E-state index is 11.4. The first kappa shape index (κ1) is 32.8. The Morgan fingerprint density at radius 2 is 0.881 bits per heavy atom. The van der Waals surface area contributed by atoms with Gasteiger partial charge in [-0.1, -0.05) is 36.7 Å². The van der Waals surface area contributed by atoms with E-state index >= 15 is 0 Å². The van der Waals surface area contributed by atoms with Crippen LogP contribution in [0.4, 0.5) is 0 Å². The highest BCUT2D eigenvalue weighted by atomic mass is 32.2. The molecule has 0 aliphatic rings. The third-order valence-corrected chi connectivity index (χ3v) is 7.37. The van der Waals surface area contributed by atoms with Crippen LogP contribution in [0.15, 0.2) is 117 Å². The van der Waals surface area contributed by atoms with Crippen LogP contribution >= 0.6 is 23.5 Å². The van der Waals surface area contributed by atoms with Gasteiger partial charge in [-0.05, 0) is 86.6 Å². The molecule has 0 heterocycles. The number of hydrogen-bond acceptors (Lipinski definition) is 10. The van der Waals surface area contributed by atoms with Crippen LogP contribution in [0.2, 0.25) is 0 Å². The fourth-order valence-electron chi connectivity index (χ4n) is 3.13. The molecule has 0 fully saturated rings. The van der Waals surface area contributed by atoms with E-state index in [9.17, 15) is 19.8 Å². The van der Waals surface area contributed by atoms with E-state index in [1.807, 2.05) is 48.5 Å². The molecule has 0 saturated carbocycles. The van der Waals surface area contributed by atoms with Crippen molar-refractivity contribution < 1.29 is 38.7 Å². The van der Waals surface area contributed by atoms with E-state index in [1.54, 1.807) is 37.4 Å². The van der Waals surface area contributed by atoms with Crippen molar-refractivity contribution in [1.82, 2.24) is 0 Å². The van der Waals surface area contributed by atoms with Gasteiger partial charge in [0, 0.05) is 30.7 Å². The summed E-state index contributed by atoms with van der Waals surface area (Å²) in [6, 6.07) is 23.3. The zero-order chi connectivity index (χ0) is 30.5. The maximum Gasteiger partial charge on any atom is 0.333 e. The SMILES string of the molecule is C=C(C)C(=O)OCC(O)COc1ccc(Sc2ccc(Sc3ccc(OCC(O)COC(=O)C(=C)C)cc3)cc2)cc1. The van der Waals surface area contributed by atoms with Gasteiger partial charge < -0.3 is 29.2 Å². The number of aliphatic hydroxyl groups excluding tert-OH is 2. The predicted octanol–water partition coefficient (Wildman–Crippen LogP) is 5.71. The summed E-state index contributed by atoms with van der Waals surface area (Å²) in [7, 11) is 0. The zero-order valence-electron chi connectivity index (χ0n) is 23.5. The maximum absolute atomic E-state index is 11.4. The van der Waals surface area contributed by atoms with E-state index in [4.69, 9.17) is 18.9 Å². The first-order valence-electron chi connectivity index (χ1n) is 13.0. The Morgan fingerprint density at radius 3 is 1.17 bits per heavy atom. The summed E-state index contributed by atoms with van der Waals surface area (Å²) < 4.78 is 21.0. The molecule has 0 bridgehead atoms. The van der Waals surface area contributed by atoms with Crippen LogP contribution in [0.25, 0.3) is 0 Å². The lowest BCUT2D eigenvalue weighted by Gasteiger charge is -2.13. The number of benzene rings is 3. The van der Waals surface area contributed by atoms with E-state index in [1.165, 1.54) is 0 Å². The fourth-order valence-corrected chi connectivity index (χ4v) is 4.76. The second kappa shape index (κ2) is 16.7. The topological polar surface area (TPSA) is 112 Å². The van der Waals surface area contributed by atoms with Gasteiger partial charge in [0.25, 0.3) is 0 Å². The van der Waals surface area contributed by atoms with Crippen LogP contribution in [0.5, 0.6) is 11.5 Å². The first-order chi connectivity index (χ1) is 20.1. The van der Waals surface area contributed by atoms with E-state index < -0.39 is 24.1 Å². The first-order valence-corrected chi connectivity index (χ1v) is 14.6. The third kappa shape index (κ3) is 11.7. The van der Waals surface area contributed by atoms with Gasteiger partial charge in [0.2, 0.25) is 0 Å². The summed E-state index contributed by atoms with van der Waals surface area (Å²) in [4.78, 5) is 27.0. The normalized spacial score (nSPS) is 12.1. The molecule has 3 aromatic carbocycles. The molecular weight excluding hydrogens is 576 g/mol. The molecule has 2 atom stereocenters. The van der Waals surface area contributed by atoms with Crippen molar-refractivity contribution >= 4 is 35.5 Å². The van der Waals surface area contributed by atoms with Gasteiger partial charge >= 0.3 is 11.9 Å². The van der Waals surface area contributed by atoms with Gasteiger partial charge in [-0.25, -0.2) is 9.59 Å². The molecule has 2 N–H and O–H groups in total. The van der Waals surface area contributed by atoms with Crippen LogP contribution in [-0.2, 0) is 19.1 Å². The average Bonchev–Trinajstić information content (AvgIpc) is 2.98. The Kier molecular flexibility index (Phi) is 13.0. The van der Waals surface area contributed by atoms with Crippen LogP contribution < -0.4 is 9.47 Å². The van der Waals surface area contributed by atoms with Gasteiger partial charge in [0.1, 0.15) is 50.1 Å². The molecular formula is C32H34O8S2. The smallest absolute Gasteiger partial charge is 0.333 e.